The van der Waals surface area contributed by atoms with E-state index < -0.39 is 9.84 Å². The van der Waals surface area contributed by atoms with E-state index in [0.29, 0.717) is 0 Å². The smallest absolute Gasteiger partial charge is 0.153 e. The fraction of sp³-hybridized carbons (Fsp3) is 0.455. The Labute approximate surface area is 98.7 Å². The van der Waals surface area contributed by atoms with Crippen molar-refractivity contribution in [2.75, 3.05) is 5.75 Å². The van der Waals surface area contributed by atoms with Crippen molar-refractivity contribution in [3.05, 3.63) is 34.3 Å². The second-order valence-corrected chi connectivity index (χ2v) is 7.31. The van der Waals surface area contributed by atoms with Gasteiger partial charge in [0.25, 0.3) is 0 Å². The van der Waals surface area contributed by atoms with Gasteiger partial charge in [-0.05, 0) is 24.1 Å². The average molecular weight is 289 g/mol. The Balaban J connectivity index is 2.15. The van der Waals surface area contributed by atoms with Crippen LogP contribution in [0.1, 0.15) is 24.8 Å². The van der Waals surface area contributed by atoms with E-state index in [1.807, 2.05) is 24.3 Å². The van der Waals surface area contributed by atoms with Crippen molar-refractivity contribution in [1.82, 2.24) is 0 Å². The van der Waals surface area contributed by atoms with Crippen molar-refractivity contribution in [2.24, 2.45) is 0 Å². The number of sulfone groups is 1. The highest BCUT2D eigenvalue weighted by Crippen LogP contribution is 2.46. The van der Waals surface area contributed by atoms with Crippen LogP contribution in [-0.2, 0) is 9.84 Å². The first kappa shape index (κ1) is 11.1. The van der Waals surface area contributed by atoms with Gasteiger partial charge in [0.15, 0.2) is 9.84 Å². The van der Waals surface area contributed by atoms with Crippen LogP contribution in [0.4, 0.5) is 0 Å². The largest absolute Gasteiger partial charge is 0.229 e. The molecule has 82 valence electrons. The summed E-state index contributed by atoms with van der Waals surface area (Å²) < 4.78 is 24.2. The first-order chi connectivity index (χ1) is 7.04. The van der Waals surface area contributed by atoms with Crippen LogP contribution in [0.3, 0.4) is 0 Å². The third kappa shape index (κ3) is 2.26. The van der Waals surface area contributed by atoms with Crippen LogP contribution in [0.15, 0.2) is 28.7 Å². The molecule has 2 rings (SSSR count). The van der Waals surface area contributed by atoms with Crippen molar-refractivity contribution in [2.45, 2.75) is 24.5 Å². The molecule has 2 atom stereocenters. The molecule has 15 heavy (non-hydrogen) atoms. The van der Waals surface area contributed by atoms with Crippen LogP contribution in [-0.4, -0.2) is 19.4 Å². The summed E-state index contributed by atoms with van der Waals surface area (Å²) in [6, 6.07) is 7.92. The van der Waals surface area contributed by atoms with E-state index in [1.165, 1.54) is 0 Å². The lowest BCUT2D eigenvalue weighted by atomic mass is 10.1. The quantitative estimate of drug-likeness (QED) is 0.857. The Morgan fingerprint density at radius 3 is 2.47 bits per heavy atom. The van der Waals surface area contributed by atoms with E-state index in [-0.39, 0.29) is 16.9 Å². The normalized spacial score (nSPS) is 25.2. The highest BCUT2D eigenvalue weighted by atomic mass is 79.9. The summed E-state index contributed by atoms with van der Waals surface area (Å²) in [6.07, 6.45) is 0.789. The molecule has 0 aromatic heterocycles. The topological polar surface area (TPSA) is 34.1 Å². The van der Waals surface area contributed by atoms with Crippen molar-refractivity contribution < 1.29 is 8.42 Å². The van der Waals surface area contributed by atoms with Gasteiger partial charge in [0.2, 0.25) is 0 Å². The number of benzene rings is 1. The lowest BCUT2D eigenvalue weighted by Crippen LogP contribution is -2.10. The van der Waals surface area contributed by atoms with Gasteiger partial charge in [0.05, 0.1) is 5.25 Å². The zero-order chi connectivity index (χ0) is 11.1. The number of rotatable bonds is 3. The molecule has 0 N–H and O–H groups in total. The molecule has 0 spiro atoms. The maximum atomic E-state index is 11.6. The van der Waals surface area contributed by atoms with Gasteiger partial charge in [-0.15, -0.1) is 0 Å². The Morgan fingerprint density at radius 1 is 1.33 bits per heavy atom. The molecule has 0 radical (unpaired) electrons. The molecule has 0 unspecified atom stereocenters. The zero-order valence-corrected chi connectivity index (χ0v) is 10.9. The predicted octanol–water partition coefficient (Wildman–Crippen LogP) is 2.74. The number of hydrogen-bond donors (Lipinski definition) is 0. The minimum absolute atomic E-state index is 0.135. The molecule has 1 saturated carbocycles. The van der Waals surface area contributed by atoms with Gasteiger partial charge in [-0.3, -0.25) is 0 Å². The standard InChI is InChI=1S/C11H13BrO2S/c1-2-15(13,14)11-7-10(11)8-3-5-9(12)6-4-8/h3-6,10-11H,2,7H2,1H3/t10-,11-/m1/s1. The summed E-state index contributed by atoms with van der Waals surface area (Å²) >= 11 is 3.36. The van der Waals surface area contributed by atoms with Gasteiger partial charge in [-0.2, -0.15) is 0 Å². The van der Waals surface area contributed by atoms with Crippen LogP contribution < -0.4 is 0 Å². The fourth-order valence-corrected chi connectivity index (χ4v) is 3.69. The highest BCUT2D eigenvalue weighted by Gasteiger charge is 2.46. The first-order valence-corrected chi connectivity index (χ1v) is 7.52. The molecule has 0 bridgehead atoms. The minimum Gasteiger partial charge on any atom is -0.229 e. The molecule has 1 fully saturated rings. The Hall–Kier alpha value is -0.350. The molecule has 4 heteroatoms. The summed E-state index contributed by atoms with van der Waals surface area (Å²) in [7, 11) is -2.84. The van der Waals surface area contributed by atoms with Crippen LogP contribution in [0.2, 0.25) is 0 Å². The zero-order valence-electron chi connectivity index (χ0n) is 8.48. The van der Waals surface area contributed by atoms with E-state index in [9.17, 15) is 8.42 Å². The summed E-state index contributed by atoms with van der Waals surface area (Å²) in [5, 5.41) is -0.135. The van der Waals surface area contributed by atoms with E-state index in [1.54, 1.807) is 6.92 Å². The van der Waals surface area contributed by atoms with Gasteiger partial charge in [-0.25, -0.2) is 8.42 Å². The third-order valence-electron chi connectivity index (χ3n) is 2.89. The van der Waals surface area contributed by atoms with Crippen LogP contribution >= 0.6 is 15.9 Å². The van der Waals surface area contributed by atoms with E-state index in [4.69, 9.17) is 0 Å². The molecule has 1 aliphatic rings. The summed E-state index contributed by atoms with van der Waals surface area (Å²) in [4.78, 5) is 0. The van der Waals surface area contributed by atoms with Crippen molar-refractivity contribution in [3.8, 4) is 0 Å². The Bertz CT molecular complexity index is 450. The van der Waals surface area contributed by atoms with Crippen molar-refractivity contribution >= 4 is 25.8 Å². The van der Waals surface area contributed by atoms with Gasteiger partial charge in [-0.1, -0.05) is 35.0 Å². The van der Waals surface area contributed by atoms with Crippen LogP contribution in [0.5, 0.6) is 0 Å². The summed E-state index contributed by atoms with van der Waals surface area (Å²) in [6.45, 7) is 1.71. The maximum absolute atomic E-state index is 11.6. The van der Waals surface area contributed by atoms with E-state index in [0.717, 1.165) is 16.5 Å². The molecule has 0 amide bonds. The average Bonchev–Trinajstić information content (AvgIpc) is 2.99. The Morgan fingerprint density at radius 2 is 1.93 bits per heavy atom. The molecule has 0 heterocycles. The molecule has 1 aliphatic carbocycles. The molecule has 0 aliphatic heterocycles. The first-order valence-electron chi connectivity index (χ1n) is 5.01. The fourth-order valence-electron chi connectivity index (χ4n) is 1.84. The van der Waals surface area contributed by atoms with Gasteiger partial charge in [0.1, 0.15) is 0 Å². The van der Waals surface area contributed by atoms with Gasteiger partial charge < -0.3 is 0 Å². The SMILES string of the molecule is CCS(=O)(=O)[C@@H]1C[C@@H]1c1ccc(Br)cc1. The maximum Gasteiger partial charge on any atom is 0.153 e. The molecule has 2 nitrogen and oxygen atoms in total. The Kier molecular flexibility index (Phi) is 2.90. The number of halogens is 1. The summed E-state index contributed by atoms with van der Waals surface area (Å²) in [5.74, 6) is 0.480. The molecule has 1 aromatic rings. The molecular formula is C11H13BrO2S. The molecule has 1 aromatic carbocycles. The monoisotopic (exact) mass is 288 g/mol. The molecular weight excluding hydrogens is 276 g/mol. The highest BCUT2D eigenvalue weighted by molar-refractivity contribution is 9.10. The lowest BCUT2D eigenvalue weighted by molar-refractivity contribution is 0.595. The lowest BCUT2D eigenvalue weighted by Gasteiger charge is -2.01. The van der Waals surface area contributed by atoms with E-state index >= 15 is 0 Å². The third-order valence-corrected chi connectivity index (χ3v) is 5.67. The van der Waals surface area contributed by atoms with Crippen molar-refractivity contribution in [3.63, 3.8) is 0 Å². The number of hydrogen-bond acceptors (Lipinski definition) is 2. The second-order valence-electron chi connectivity index (χ2n) is 3.88. The van der Waals surface area contributed by atoms with Gasteiger partial charge in [0, 0.05) is 16.1 Å². The van der Waals surface area contributed by atoms with Gasteiger partial charge >= 0.3 is 0 Å². The van der Waals surface area contributed by atoms with Crippen LogP contribution in [0.25, 0.3) is 0 Å². The van der Waals surface area contributed by atoms with Crippen LogP contribution in [0, 0.1) is 0 Å². The summed E-state index contributed by atoms with van der Waals surface area (Å²) in [5.41, 5.74) is 1.14. The van der Waals surface area contributed by atoms with E-state index in [2.05, 4.69) is 15.9 Å². The van der Waals surface area contributed by atoms with Crippen molar-refractivity contribution in [1.29, 1.82) is 0 Å². The minimum atomic E-state index is -2.84. The predicted molar refractivity (Wildman–Crippen MR) is 64.7 cm³/mol. The second kappa shape index (κ2) is 3.91. The molecule has 0 saturated heterocycles.